The van der Waals surface area contributed by atoms with Crippen LogP contribution in [0.2, 0.25) is 0 Å². The van der Waals surface area contributed by atoms with E-state index in [4.69, 9.17) is 4.42 Å². The Kier molecular flexibility index (Phi) is 5.33. The van der Waals surface area contributed by atoms with Gasteiger partial charge in [-0.15, -0.1) is 0 Å². The fourth-order valence-corrected chi connectivity index (χ4v) is 7.84. The number of aromatic nitrogens is 1. The van der Waals surface area contributed by atoms with Gasteiger partial charge in [0.05, 0.1) is 11.7 Å². The minimum atomic E-state index is -4.61. The van der Waals surface area contributed by atoms with E-state index in [2.05, 4.69) is 9.71 Å². The van der Waals surface area contributed by atoms with Gasteiger partial charge in [0.15, 0.2) is 5.76 Å². The molecule has 6 nitrogen and oxygen atoms in total. The molecule has 190 valence electrons. The Morgan fingerprint density at radius 3 is 2.39 bits per heavy atom. The van der Waals surface area contributed by atoms with Crippen molar-refractivity contribution in [2.45, 2.75) is 37.4 Å². The zero-order valence-electron chi connectivity index (χ0n) is 19.1. The van der Waals surface area contributed by atoms with E-state index in [0.29, 0.717) is 34.4 Å². The molecule has 0 amide bonds. The highest BCUT2D eigenvalue weighted by atomic mass is 32.2. The predicted molar refractivity (Wildman–Crippen MR) is 123 cm³/mol. The predicted octanol–water partition coefficient (Wildman–Crippen LogP) is 4.72. The SMILES string of the molecule is O=S1(=O)NC2(CN1CC(F)(F)F)C1CCC2Cc2cc(-c3ncc(-c4ccc(F)cc4)o3)ccc2C1. The van der Waals surface area contributed by atoms with Gasteiger partial charge in [0.1, 0.15) is 12.4 Å². The normalized spacial score (nSPS) is 27.3. The Balaban J connectivity index is 1.29. The molecule has 2 bridgehead atoms. The third-order valence-corrected chi connectivity index (χ3v) is 9.37. The Labute approximate surface area is 205 Å². The molecular weight excluding hydrogens is 498 g/mol. The largest absolute Gasteiger partial charge is 0.436 e. The first-order chi connectivity index (χ1) is 17.0. The average Bonchev–Trinajstić information content (AvgIpc) is 3.43. The number of alkyl halides is 3. The number of nitrogens with zero attached hydrogens (tertiary/aromatic N) is 2. The molecule has 3 aliphatic rings. The molecule has 3 atom stereocenters. The standard InChI is InChI=1S/C25H23F4N3O3S/c26-21-7-3-15(4-8-21)22-12-30-23(35-22)17-2-1-16-10-19-5-6-20(11-18(16)9-17)24(19)13-32(14-25(27,28)29)36(33,34)31-24/h1-4,7-9,12,19-20,31H,5-6,10-11,13-14H2. The maximum Gasteiger partial charge on any atom is 0.402 e. The quantitative estimate of drug-likeness (QED) is 0.506. The molecule has 1 N–H and O–H groups in total. The van der Waals surface area contributed by atoms with E-state index in [1.807, 2.05) is 18.2 Å². The fourth-order valence-electron chi connectivity index (χ4n) is 6.13. The minimum absolute atomic E-state index is 0.0885. The van der Waals surface area contributed by atoms with Crippen molar-refractivity contribution in [1.82, 2.24) is 14.0 Å². The lowest BCUT2D eigenvalue weighted by molar-refractivity contribution is -0.136. The number of oxazole rings is 1. The number of benzene rings is 2. The molecule has 0 radical (unpaired) electrons. The van der Waals surface area contributed by atoms with Crippen LogP contribution in [0.1, 0.15) is 24.0 Å². The van der Waals surface area contributed by atoms with Crippen LogP contribution in [-0.4, -0.2) is 42.5 Å². The van der Waals surface area contributed by atoms with E-state index in [-0.39, 0.29) is 24.2 Å². The molecule has 3 unspecified atom stereocenters. The average molecular weight is 522 g/mol. The summed E-state index contributed by atoms with van der Waals surface area (Å²) in [7, 11) is -4.22. The Hall–Kier alpha value is -2.76. The molecule has 3 aromatic rings. The van der Waals surface area contributed by atoms with Crippen molar-refractivity contribution in [3.05, 3.63) is 65.6 Å². The topological polar surface area (TPSA) is 75.4 Å². The molecule has 2 heterocycles. The summed E-state index contributed by atoms with van der Waals surface area (Å²) >= 11 is 0. The summed E-state index contributed by atoms with van der Waals surface area (Å²) in [5.74, 6) is 0.352. The van der Waals surface area contributed by atoms with Gasteiger partial charge in [-0.3, -0.25) is 0 Å². The second-order valence-electron chi connectivity index (χ2n) is 9.93. The van der Waals surface area contributed by atoms with Crippen molar-refractivity contribution in [2.24, 2.45) is 11.8 Å². The highest BCUT2D eigenvalue weighted by molar-refractivity contribution is 7.87. The van der Waals surface area contributed by atoms with Gasteiger partial charge in [0.2, 0.25) is 5.89 Å². The highest BCUT2D eigenvalue weighted by Crippen LogP contribution is 2.50. The highest BCUT2D eigenvalue weighted by Gasteiger charge is 2.60. The van der Waals surface area contributed by atoms with Gasteiger partial charge in [0, 0.05) is 17.7 Å². The molecule has 2 aromatic carbocycles. The molecular formula is C25H23F4N3O3S. The Bertz CT molecular complexity index is 1420. The van der Waals surface area contributed by atoms with Gasteiger partial charge < -0.3 is 4.42 Å². The molecule has 2 aliphatic carbocycles. The number of nitrogens with one attached hydrogen (secondary N) is 1. The van der Waals surface area contributed by atoms with Crippen LogP contribution in [0, 0.1) is 17.7 Å². The lowest BCUT2D eigenvalue weighted by Crippen LogP contribution is -2.52. The smallest absolute Gasteiger partial charge is 0.402 e. The maximum absolute atomic E-state index is 13.2. The maximum atomic E-state index is 13.2. The first kappa shape index (κ1) is 23.6. The van der Waals surface area contributed by atoms with Gasteiger partial charge in [-0.2, -0.15) is 30.6 Å². The number of halogens is 4. The number of hydrogen-bond acceptors (Lipinski definition) is 4. The van der Waals surface area contributed by atoms with Crippen molar-refractivity contribution in [3.63, 3.8) is 0 Å². The molecule has 1 aliphatic heterocycles. The number of rotatable bonds is 3. The third kappa shape index (κ3) is 4.03. The summed E-state index contributed by atoms with van der Waals surface area (Å²) < 4.78 is 86.9. The van der Waals surface area contributed by atoms with Gasteiger partial charge in [-0.1, -0.05) is 6.07 Å². The molecule has 1 spiro atoms. The second-order valence-corrected chi connectivity index (χ2v) is 11.6. The molecule has 1 saturated carbocycles. The van der Waals surface area contributed by atoms with Crippen LogP contribution in [0.4, 0.5) is 17.6 Å². The van der Waals surface area contributed by atoms with Crippen molar-refractivity contribution in [1.29, 1.82) is 0 Å². The van der Waals surface area contributed by atoms with Crippen LogP contribution < -0.4 is 4.72 Å². The summed E-state index contributed by atoms with van der Waals surface area (Å²) in [4.78, 5) is 4.37. The molecule has 6 rings (SSSR count). The van der Waals surface area contributed by atoms with E-state index in [1.54, 1.807) is 18.3 Å². The summed E-state index contributed by atoms with van der Waals surface area (Å²) in [5.41, 5.74) is 2.61. The molecule has 36 heavy (non-hydrogen) atoms. The van der Waals surface area contributed by atoms with Gasteiger partial charge in [0.25, 0.3) is 10.2 Å². The van der Waals surface area contributed by atoms with Crippen molar-refractivity contribution < 1.29 is 30.4 Å². The third-order valence-electron chi connectivity index (χ3n) is 7.79. The zero-order chi connectivity index (χ0) is 25.3. The number of hydrogen-bond donors (Lipinski definition) is 1. The lowest BCUT2D eigenvalue weighted by atomic mass is 9.79. The van der Waals surface area contributed by atoms with E-state index in [0.717, 1.165) is 29.5 Å². The van der Waals surface area contributed by atoms with E-state index >= 15 is 0 Å². The zero-order valence-corrected chi connectivity index (χ0v) is 19.9. The van der Waals surface area contributed by atoms with Crippen molar-refractivity contribution >= 4 is 10.2 Å². The molecule has 2 fully saturated rings. The van der Waals surface area contributed by atoms with Crippen molar-refractivity contribution in [2.75, 3.05) is 13.1 Å². The first-order valence-electron chi connectivity index (χ1n) is 11.7. The van der Waals surface area contributed by atoms with Gasteiger partial charge in [-0.25, -0.2) is 9.37 Å². The van der Waals surface area contributed by atoms with E-state index in [1.165, 1.54) is 12.1 Å². The lowest BCUT2D eigenvalue weighted by Gasteiger charge is -2.33. The fraction of sp³-hybridized carbons (Fsp3) is 0.400. The molecule has 1 aromatic heterocycles. The first-order valence-corrected chi connectivity index (χ1v) is 13.2. The van der Waals surface area contributed by atoms with E-state index in [9.17, 15) is 26.0 Å². The van der Waals surface area contributed by atoms with Crippen LogP contribution in [0.5, 0.6) is 0 Å². The molecule has 11 heteroatoms. The van der Waals surface area contributed by atoms with Crippen LogP contribution in [0.25, 0.3) is 22.8 Å². The number of fused-ring (bicyclic) bond motifs is 1. The summed E-state index contributed by atoms with van der Waals surface area (Å²) in [6.07, 6.45) is -0.396. The monoisotopic (exact) mass is 521 g/mol. The van der Waals surface area contributed by atoms with Gasteiger partial charge in [-0.05, 0) is 85.0 Å². The second kappa shape index (κ2) is 8.12. The Morgan fingerprint density at radius 2 is 1.69 bits per heavy atom. The van der Waals surface area contributed by atoms with Crippen molar-refractivity contribution in [3.8, 4) is 22.8 Å². The van der Waals surface area contributed by atoms with E-state index < -0.39 is 28.5 Å². The van der Waals surface area contributed by atoms with Gasteiger partial charge >= 0.3 is 6.18 Å². The minimum Gasteiger partial charge on any atom is -0.436 e. The molecule has 1 saturated heterocycles. The summed E-state index contributed by atoms with van der Waals surface area (Å²) in [6, 6.07) is 11.7. The van der Waals surface area contributed by atoms with Crippen LogP contribution in [0.3, 0.4) is 0 Å². The van der Waals surface area contributed by atoms with Crippen LogP contribution >= 0.6 is 0 Å². The van der Waals surface area contributed by atoms with Crippen LogP contribution in [0.15, 0.2) is 53.1 Å². The summed E-state index contributed by atoms with van der Waals surface area (Å²) in [6.45, 7) is -1.66. The van der Waals surface area contributed by atoms with Crippen LogP contribution in [-0.2, 0) is 23.1 Å². The summed E-state index contributed by atoms with van der Waals surface area (Å²) in [5, 5.41) is 0. The Morgan fingerprint density at radius 1 is 1.03 bits per heavy atom.